The van der Waals surface area contributed by atoms with Crippen LogP contribution >= 0.6 is 0 Å². The van der Waals surface area contributed by atoms with Gasteiger partial charge in [-0.25, -0.2) is 8.78 Å². The number of nitrogens with two attached hydrogens (primary N) is 1. The molecule has 84 valence electrons. The van der Waals surface area contributed by atoms with Gasteiger partial charge in [-0.15, -0.1) is 0 Å². The lowest BCUT2D eigenvalue weighted by Crippen LogP contribution is -2.39. The summed E-state index contributed by atoms with van der Waals surface area (Å²) < 4.78 is 26.0. The van der Waals surface area contributed by atoms with E-state index in [2.05, 4.69) is 13.8 Å². The van der Waals surface area contributed by atoms with Gasteiger partial charge in [0.15, 0.2) is 0 Å². The van der Waals surface area contributed by atoms with E-state index in [0.717, 1.165) is 6.42 Å². The van der Waals surface area contributed by atoms with Gasteiger partial charge in [0.2, 0.25) is 5.92 Å². The molecule has 1 saturated carbocycles. The molecular weight excluding hydrogens is 184 g/mol. The van der Waals surface area contributed by atoms with Crippen molar-refractivity contribution in [2.45, 2.75) is 51.9 Å². The summed E-state index contributed by atoms with van der Waals surface area (Å²) in [6, 6.07) is 0. The third kappa shape index (κ3) is 2.91. The first-order valence-corrected chi connectivity index (χ1v) is 5.47. The molecule has 14 heavy (non-hydrogen) atoms. The zero-order chi connectivity index (χ0) is 10.8. The van der Waals surface area contributed by atoms with Crippen molar-refractivity contribution < 1.29 is 8.78 Å². The van der Waals surface area contributed by atoms with Gasteiger partial charge in [-0.3, -0.25) is 0 Å². The van der Waals surface area contributed by atoms with Gasteiger partial charge in [0.25, 0.3) is 0 Å². The zero-order valence-electron chi connectivity index (χ0n) is 9.15. The van der Waals surface area contributed by atoms with Gasteiger partial charge in [-0.2, -0.15) is 0 Å². The minimum absolute atomic E-state index is 0.00412. The number of hydrogen-bond acceptors (Lipinski definition) is 1. The monoisotopic (exact) mass is 205 g/mol. The maximum atomic E-state index is 13.0. The molecule has 0 unspecified atom stereocenters. The molecule has 1 rings (SSSR count). The summed E-state index contributed by atoms with van der Waals surface area (Å²) in [5.41, 5.74) is 5.73. The molecule has 0 saturated heterocycles. The largest absolute Gasteiger partial charge is 0.330 e. The van der Waals surface area contributed by atoms with Crippen molar-refractivity contribution in [3.63, 3.8) is 0 Å². The van der Waals surface area contributed by atoms with Crippen molar-refractivity contribution in [3.8, 4) is 0 Å². The van der Waals surface area contributed by atoms with Crippen LogP contribution in [-0.2, 0) is 0 Å². The van der Waals surface area contributed by atoms with Crippen LogP contribution in [0.5, 0.6) is 0 Å². The standard InChI is InChI=1S/C11H21F2N/c1-9(2)7-10(8-14)3-5-11(12,13)6-4-10/h9H,3-8,14H2,1-2H3. The maximum Gasteiger partial charge on any atom is 0.248 e. The predicted molar refractivity (Wildman–Crippen MR) is 54.4 cm³/mol. The molecule has 2 N–H and O–H groups in total. The van der Waals surface area contributed by atoms with Crippen molar-refractivity contribution in [1.82, 2.24) is 0 Å². The van der Waals surface area contributed by atoms with Crippen molar-refractivity contribution in [2.24, 2.45) is 17.1 Å². The van der Waals surface area contributed by atoms with Crippen LogP contribution in [0.4, 0.5) is 8.78 Å². The molecule has 1 aliphatic carbocycles. The molecule has 0 radical (unpaired) electrons. The lowest BCUT2D eigenvalue weighted by molar-refractivity contribution is -0.0691. The minimum atomic E-state index is -2.43. The molecule has 0 aromatic rings. The number of rotatable bonds is 3. The molecule has 1 nitrogen and oxygen atoms in total. The minimum Gasteiger partial charge on any atom is -0.330 e. The molecule has 0 aromatic carbocycles. The van der Waals surface area contributed by atoms with E-state index < -0.39 is 5.92 Å². The Hall–Kier alpha value is -0.180. The average molecular weight is 205 g/mol. The highest BCUT2D eigenvalue weighted by atomic mass is 19.3. The van der Waals surface area contributed by atoms with E-state index in [1.54, 1.807) is 0 Å². The van der Waals surface area contributed by atoms with Gasteiger partial charge in [0.1, 0.15) is 0 Å². The summed E-state index contributed by atoms with van der Waals surface area (Å²) in [5.74, 6) is -1.89. The fraction of sp³-hybridized carbons (Fsp3) is 1.00. The zero-order valence-corrected chi connectivity index (χ0v) is 9.15. The molecule has 0 aliphatic heterocycles. The second-order valence-corrected chi connectivity index (χ2v) is 5.16. The Kier molecular flexibility index (Phi) is 3.51. The summed E-state index contributed by atoms with van der Waals surface area (Å²) in [6.45, 7) is 4.82. The Morgan fingerprint density at radius 2 is 1.64 bits per heavy atom. The molecule has 0 amide bonds. The molecule has 1 aliphatic rings. The molecular formula is C11H21F2N. The average Bonchev–Trinajstić information content (AvgIpc) is 2.09. The van der Waals surface area contributed by atoms with Crippen LogP contribution in [-0.4, -0.2) is 12.5 Å². The van der Waals surface area contributed by atoms with Gasteiger partial charge in [-0.05, 0) is 37.1 Å². The first-order valence-electron chi connectivity index (χ1n) is 5.47. The molecule has 0 atom stereocenters. The van der Waals surface area contributed by atoms with E-state index in [-0.39, 0.29) is 18.3 Å². The van der Waals surface area contributed by atoms with Crippen LogP contribution in [0.3, 0.4) is 0 Å². The quantitative estimate of drug-likeness (QED) is 0.752. The SMILES string of the molecule is CC(C)CC1(CN)CCC(F)(F)CC1. The van der Waals surface area contributed by atoms with Crippen LogP contribution in [0, 0.1) is 11.3 Å². The van der Waals surface area contributed by atoms with Gasteiger partial charge in [0.05, 0.1) is 0 Å². The Labute approximate surface area is 85.1 Å². The Morgan fingerprint density at radius 3 is 2.00 bits per heavy atom. The van der Waals surface area contributed by atoms with Gasteiger partial charge in [-0.1, -0.05) is 13.8 Å². The molecule has 1 fully saturated rings. The fourth-order valence-corrected chi connectivity index (χ4v) is 2.50. The normalized spacial score (nSPS) is 25.3. The first kappa shape index (κ1) is 11.9. The van der Waals surface area contributed by atoms with Crippen molar-refractivity contribution in [2.75, 3.05) is 6.54 Å². The summed E-state index contributed by atoms with van der Waals surface area (Å²) in [7, 11) is 0. The van der Waals surface area contributed by atoms with Crippen molar-refractivity contribution >= 4 is 0 Å². The maximum absolute atomic E-state index is 13.0. The van der Waals surface area contributed by atoms with E-state index in [1.807, 2.05) is 0 Å². The molecule has 3 heteroatoms. The summed E-state index contributed by atoms with van der Waals surface area (Å²) >= 11 is 0. The van der Waals surface area contributed by atoms with E-state index in [4.69, 9.17) is 5.73 Å². The van der Waals surface area contributed by atoms with Crippen LogP contribution in [0.15, 0.2) is 0 Å². The predicted octanol–water partition coefficient (Wildman–Crippen LogP) is 3.19. The van der Waals surface area contributed by atoms with Crippen LogP contribution in [0.2, 0.25) is 0 Å². The van der Waals surface area contributed by atoms with Crippen molar-refractivity contribution in [3.05, 3.63) is 0 Å². The van der Waals surface area contributed by atoms with Crippen molar-refractivity contribution in [1.29, 1.82) is 0 Å². The molecule has 0 spiro atoms. The van der Waals surface area contributed by atoms with E-state index in [9.17, 15) is 8.78 Å². The highest BCUT2D eigenvalue weighted by Crippen LogP contribution is 2.46. The molecule has 0 heterocycles. The second kappa shape index (κ2) is 4.13. The van der Waals surface area contributed by atoms with Gasteiger partial charge in [0, 0.05) is 12.8 Å². The van der Waals surface area contributed by atoms with E-state index >= 15 is 0 Å². The van der Waals surface area contributed by atoms with E-state index in [1.165, 1.54) is 0 Å². The second-order valence-electron chi connectivity index (χ2n) is 5.16. The Bertz CT molecular complexity index is 180. The van der Waals surface area contributed by atoms with Crippen LogP contribution in [0.25, 0.3) is 0 Å². The highest BCUT2D eigenvalue weighted by Gasteiger charge is 2.42. The Morgan fingerprint density at radius 1 is 1.14 bits per heavy atom. The fourth-order valence-electron chi connectivity index (χ4n) is 2.50. The highest BCUT2D eigenvalue weighted by molar-refractivity contribution is 4.89. The number of alkyl halides is 2. The van der Waals surface area contributed by atoms with Gasteiger partial charge < -0.3 is 5.73 Å². The summed E-state index contributed by atoms with van der Waals surface area (Å²) in [6.07, 6.45) is 2.22. The van der Waals surface area contributed by atoms with Gasteiger partial charge >= 0.3 is 0 Å². The first-order chi connectivity index (χ1) is 6.39. The lowest BCUT2D eigenvalue weighted by atomic mass is 9.68. The summed E-state index contributed by atoms with van der Waals surface area (Å²) in [5, 5.41) is 0. The van der Waals surface area contributed by atoms with Crippen LogP contribution in [0.1, 0.15) is 46.0 Å². The molecule has 0 aromatic heterocycles. The molecule has 0 bridgehead atoms. The van der Waals surface area contributed by atoms with E-state index in [0.29, 0.717) is 25.3 Å². The number of halogens is 2. The number of hydrogen-bond donors (Lipinski definition) is 1. The smallest absolute Gasteiger partial charge is 0.248 e. The third-order valence-electron chi connectivity index (χ3n) is 3.32. The third-order valence-corrected chi connectivity index (χ3v) is 3.32. The lowest BCUT2D eigenvalue weighted by Gasteiger charge is -2.40. The van der Waals surface area contributed by atoms with Crippen LogP contribution < -0.4 is 5.73 Å². The topological polar surface area (TPSA) is 26.0 Å². The summed E-state index contributed by atoms with van der Waals surface area (Å²) in [4.78, 5) is 0. The Balaban J connectivity index is 2.57.